The molecule has 0 spiro atoms. The van der Waals surface area contributed by atoms with Crippen LogP contribution in [0.15, 0.2) is 18.3 Å². The zero-order valence-electron chi connectivity index (χ0n) is 12.2. The van der Waals surface area contributed by atoms with E-state index in [-0.39, 0.29) is 23.2 Å². The number of pyridine rings is 1. The maximum absolute atomic E-state index is 12.1. The average molecular weight is 278 g/mol. The van der Waals surface area contributed by atoms with Crippen molar-refractivity contribution in [2.75, 3.05) is 13.6 Å². The summed E-state index contributed by atoms with van der Waals surface area (Å²) < 4.78 is 0. The van der Waals surface area contributed by atoms with Crippen molar-refractivity contribution in [2.24, 2.45) is 17.4 Å². The molecule has 6 nitrogen and oxygen atoms in total. The van der Waals surface area contributed by atoms with Gasteiger partial charge in [0.15, 0.2) is 0 Å². The predicted octanol–water partition coefficient (Wildman–Crippen LogP) is 0.626. The van der Waals surface area contributed by atoms with Gasteiger partial charge < -0.3 is 16.4 Å². The fourth-order valence-corrected chi connectivity index (χ4v) is 1.64. The van der Waals surface area contributed by atoms with E-state index in [1.807, 2.05) is 0 Å². The van der Waals surface area contributed by atoms with Crippen molar-refractivity contribution < 1.29 is 9.59 Å². The average Bonchev–Trinajstić information content (AvgIpc) is 2.43. The largest absolute Gasteiger partial charge is 0.366 e. The normalized spacial score (nSPS) is 12.2. The Kier molecular flexibility index (Phi) is 5.64. The molecule has 0 fully saturated rings. The third-order valence-electron chi connectivity index (χ3n) is 3.27. The molecule has 1 atom stereocenters. The first-order valence-electron chi connectivity index (χ1n) is 6.59. The maximum Gasteiger partial charge on any atom is 0.272 e. The van der Waals surface area contributed by atoms with Crippen LogP contribution >= 0.6 is 0 Å². The fraction of sp³-hybridized carbons (Fsp3) is 0.500. The van der Waals surface area contributed by atoms with Gasteiger partial charge in [-0.1, -0.05) is 13.8 Å². The highest BCUT2D eigenvalue weighted by molar-refractivity contribution is 5.95. The summed E-state index contributed by atoms with van der Waals surface area (Å²) in [6.07, 6.45) is 2.04. The fourth-order valence-electron chi connectivity index (χ4n) is 1.64. The van der Waals surface area contributed by atoms with Crippen LogP contribution in [-0.4, -0.2) is 41.3 Å². The van der Waals surface area contributed by atoms with Crippen molar-refractivity contribution in [3.05, 3.63) is 29.6 Å². The van der Waals surface area contributed by atoms with Gasteiger partial charge in [-0.3, -0.25) is 14.6 Å². The first kappa shape index (κ1) is 16.1. The highest BCUT2D eigenvalue weighted by atomic mass is 16.2. The first-order chi connectivity index (χ1) is 9.32. The van der Waals surface area contributed by atoms with E-state index in [0.29, 0.717) is 12.5 Å². The zero-order valence-corrected chi connectivity index (χ0v) is 12.2. The number of hydrogen-bond donors (Lipinski definition) is 2. The van der Waals surface area contributed by atoms with E-state index in [0.717, 1.165) is 6.42 Å². The van der Waals surface area contributed by atoms with E-state index in [4.69, 9.17) is 11.5 Å². The predicted molar refractivity (Wildman–Crippen MR) is 77.1 cm³/mol. The third kappa shape index (κ3) is 4.31. The Balaban J connectivity index is 2.62. The maximum atomic E-state index is 12.1. The van der Waals surface area contributed by atoms with Gasteiger partial charge in [0.2, 0.25) is 5.91 Å². The van der Waals surface area contributed by atoms with E-state index in [9.17, 15) is 9.59 Å². The third-order valence-corrected chi connectivity index (χ3v) is 3.27. The van der Waals surface area contributed by atoms with Crippen LogP contribution in [0.2, 0.25) is 0 Å². The number of rotatable bonds is 6. The molecule has 0 saturated carbocycles. The smallest absolute Gasteiger partial charge is 0.272 e. The quantitative estimate of drug-likeness (QED) is 0.796. The number of primary amides is 1. The van der Waals surface area contributed by atoms with Gasteiger partial charge >= 0.3 is 0 Å². The molecule has 2 amide bonds. The summed E-state index contributed by atoms with van der Waals surface area (Å²) in [5, 5.41) is 0. The molecule has 0 aliphatic carbocycles. The van der Waals surface area contributed by atoms with Crippen LogP contribution < -0.4 is 11.5 Å². The Hall–Kier alpha value is -1.95. The van der Waals surface area contributed by atoms with Gasteiger partial charge in [0.05, 0.1) is 5.56 Å². The molecule has 0 radical (unpaired) electrons. The second-order valence-electron chi connectivity index (χ2n) is 5.22. The lowest BCUT2D eigenvalue weighted by atomic mass is 10.0. The standard InChI is InChI=1S/C14H22N4O2/c1-9(2)11(15)6-7-18(3)14(20)12-5-4-10(8-17-12)13(16)19/h4-5,8-9,11H,6-7,15H2,1-3H3,(H2,16,19). The van der Waals surface area contributed by atoms with E-state index >= 15 is 0 Å². The summed E-state index contributed by atoms with van der Waals surface area (Å²) in [7, 11) is 1.71. The van der Waals surface area contributed by atoms with Gasteiger partial charge in [-0.2, -0.15) is 0 Å². The number of nitrogens with zero attached hydrogens (tertiary/aromatic N) is 2. The molecule has 4 N–H and O–H groups in total. The Morgan fingerprint density at radius 1 is 1.35 bits per heavy atom. The molecule has 0 saturated heterocycles. The molecule has 1 unspecified atom stereocenters. The molecule has 0 aliphatic rings. The minimum absolute atomic E-state index is 0.0652. The first-order valence-corrected chi connectivity index (χ1v) is 6.59. The Bertz CT molecular complexity index is 471. The van der Waals surface area contributed by atoms with Gasteiger partial charge in [0.1, 0.15) is 5.69 Å². The Labute approximate surface area is 119 Å². The number of nitrogens with two attached hydrogens (primary N) is 2. The van der Waals surface area contributed by atoms with Gasteiger partial charge in [0.25, 0.3) is 5.91 Å². The molecular formula is C14H22N4O2. The van der Waals surface area contributed by atoms with E-state index < -0.39 is 5.91 Å². The lowest BCUT2D eigenvalue weighted by Gasteiger charge is -2.21. The molecule has 1 aromatic rings. The summed E-state index contributed by atoms with van der Waals surface area (Å²) in [5.41, 5.74) is 11.6. The molecule has 0 aromatic carbocycles. The van der Waals surface area contributed by atoms with Gasteiger partial charge in [0, 0.05) is 25.8 Å². The Morgan fingerprint density at radius 2 is 2.00 bits per heavy atom. The SMILES string of the molecule is CC(C)C(N)CCN(C)C(=O)c1ccc(C(N)=O)cn1. The van der Waals surface area contributed by atoms with E-state index in [2.05, 4.69) is 18.8 Å². The number of amides is 2. The number of aromatic nitrogens is 1. The topological polar surface area (TPSA) is 102 Å². The van der Waals surface area contributed by atoms with Gasteiger partial charge in [-0.25, -0.2) is 0 Å². The van der Waals surface area contributed by atoms with Crippen LogP contribution in [0.4, 0.5) is 0 Å². The summed E-state index contributed by atoms with van der Waals surface area (Å²) in [4.78, 5) is 28.6. The molecule has 110 valence electrons. The molecule has 0 aliphatic heterocycles. The van der Waals surface area contributed by atoms with Crippen LogP contribution in [0.25, 0.3) is 0 Å². The highest BCUT2D eigenvalue weighted by Crippen LogP contribution is 2.07. The number of carbonyl (C=O) groups is 2. The van der Waals surface area contributed by atoms with Crippen molar-refractivity contribution in [3.8, 4) is 0 Å². The molecule has 6 heteroatoms. The van der Waals surface area contributed by atoms with Crippen molar-refractivity contribution >= 4 is 11.8 Å². The van der Waals surface area contributed by atoms with E-state index in [1.54, 1.807) is 11.9 Å². The molecule has 1 aromatic heterocycles. The second kappa shape index (κ2) is 7.00. The summed E-state index contributed by atoms with van der Waals surface area (Å²) >= 11 is 0. The number of hydrogen-bond acceptors (Lipinski definition) is 4. The highest BCUT2D eigenvalue weighted by Gasteiger charge is 2.15. The summed E-state index contributed by atoms with van der Waals surface area (Å²) in [6, 6.07) is 3.06. The zero-order chi connectivity index (χ0) is 15.3. The minimum Gasteiger partial charge on any atom is -0.366 e. The summed E-state index contributed by atoms with van der Waals surface area (Å²) in [5.74, 6) is -0.379. The molecule has 1 rings (SSSR count). The monoisotopic (exact) mass is 278 g/mol. The molecular weight excluding hydrogens is 256 g/mol. The van der Waals surface area contributed by atoms with Crippen LogP contribution in [-0.2, 0) is 0 Å². The van der Waals surface area contributed by atoms with Crippen molar-refractivity contribution in [2.45, 2.75) is 26.3 Å². The molecule has 1 heterocycles. The molecule has 0 bridgehead atoms. The van der Waals surface area contributed by atoms with Crippen molar-refractivity contribution in [1.82, 2.24) is 9.88 Å². The lowest BCUT2D eigenvalue weighted by molar-refractivity contribution is 0.0782. The van der Waals surface area contributed by atoms with Crippen LogP contribution in [0, 0.1) is 5.92 Å². The van der Waals surface area contributed by atoms with Crippen LogP contribution in [0.1, 0.15) is 41.1 Å². The lowest BCUT2D eigenvalue weighted by Crippen LogP contribution is -2.35. The van der Waals surface area contributed by atoms with Crippen molar-refractivity contribution in [1.29, 1.82) is 0 Å². The van der Waals surface area contributed by atoms with Crippen LogP contribution in [0.5, 0.6) is 0 Å². The molecule has 20 heavy (non-hydrogen) atoms. The Morgan fingerprint density at radius 3 is 2.45 bits per heavy atom. The second-order valence-corrected chi connectivity index (χ2v) is 5.22. The van der Waals surface area contributed by atoms with Gasteiger partial charge in [-0.05, 0) is 24.5 Å². The van der Waals surface area contributed by atoms with Gasteiger partial charge in [-0.15, -0.1) is 0 Å². The van der Waals surface area contributed by atoms with E-state index in [1.165, 1.54) is 18.3 Å². The summed E-state index contributed by atoms with van der Waals surface area (Å²) in [6.45, 7) is 4.67. The minimum atomic E-state index is -0.562. The van der Waals surface area contributed by atoms with Crippen molar-refractivity contribution in [3.63, 3.8) is 0 Å². The number of carbonyl (C=O) groups excluding carboxylic acids is 2. The van der Waals surface area contributed by atoms with Crippen LogP contribution in [0.3, 0.4) is 0 Å².